The molecule has 1 aliphatic rings. The highest BCUT2D eigenvalue weighted by Gasteiger charge is 2.22. The number of hydrogen-bond acceptors (Lipinski definition) is 4. The van der Waals surface area contributed by atoms with E-state index in [0.29, 0.717) is 36.4 Å². The minimum atomic E-state index is -0.483. The molecule has 0 bridgehead atoms. The number of para-hydroxylation sites is 1. The van der Waals surface area contributed by atoms with Gasteiger partial charge in [-0.3, -0.25) is 9.78 Å². The van der Waals surface area contributed by atoms with Crippen LogP contribution in [0.15, 0.2) is 53.3 Å². The quantitative estimate of drug-likeness (QED) is 0.724. The SMILES string of the molecule is O=c1[nH]c(N2CCC(O)c3ccccc3C2)nc2ccccc12. The van der Waals surface area contributed by atoms with Crippen molar-refractivity contribution in [3.8, 4) is 0 Å². The highest BCUT2D eigenvalue weighted by molar-refractivity contribution is 5.78. The second kappa shape index (κ2) is 5.52. The Hall–Kier alpha value is -2.66. The van der Waals surface area contributed by atoms with Crippen LogP contribution in [0.3, 0.4) is 0 Å². The fraction of sp³-hybridized carbons (Fsp3) is 0.222. The van der Waals surface area contributed by atoms with Crippen molar-refractivity contribution in [3.63, 3.8) is 0 Å². The van der Waals surface area contributed by atoms with Crippen LogP contribution < -0.4 is 10.5 Å². The summed E-state index contributed by atoms with van der Waals surface area (Å²) in [5.74, 6) is 0.553. The lowest BCUT2D eigenvalue weighted by Gasteiger charge is -2.21. The smallest absolute Gasteiger partial charge is 0.260 e. The third-order valence-electron chi connectivity index (χ3n) is 4.35. The van der Waals surface area contributed by atoms with E-state index in [0.717, 1.165) is 11.1 Å². The van der Waals surface area contributed by atoms with Gasteiger partial charge in [-0.25, -0.2) is 4.98 Å². The summed E-state index contributed by atoms with van der Waals surface area (Å²) in [5, 5.41) is 10.9. The van der Waals surface area contributed by atoms with Crippen LogP contribution in [0.4, 0.5) is 5.95 Å². The zero-order chi connectivity index (χ0) is 15.8. The van der Waals surface area contributed by atoms with E-state index in [1.165, 1.54) is 0 Å². The second-order valence-electron chi connectivity index (χ2n) is 5.83. The Morgan fingerprint density at radius 3 is 2.83 bits per heavy atom. The van der Waals surface area contributed by atoms with Crippen molar-refractivity contribution in [1.82, 2.24) is 9.97 Å². The van der Waals surface area contributed by atoms with E-state index >= 15 is 0 Å². The van der Waals surface area contributed by atoms with Gasteiger partial charge >= 0.3 is 0 Å². The van der Waals surface area contributed by atoms with E-state index in [1.807, 2.05) is 47.4 Å². The van der Waals surface area contributed by atoms with E-state index in [-0.39, 0.29) is 5.56 Å². The summed E-state index contributed by atoms with van der Waals surface area (Å²) in [6.07, 6.45) is 0.122. The lowest BCUT2D eigenvalue weighted by atomic mass is 10.0. The van der Waals surface area contributed by atoms with Crippen molar-refractivity contribution in [3.05, 3.63) is 70.0 Å². The Kier molecular flexibility index (Phi) is 3.35. The Labute approximate surface area is 133 Å². The van der Waals surface area contributed by atoms with Gasteiger partial charge in [0.05, 0.1) is 17.0 Å². The summed E-state index contributed by atoms with van der Waals surface area (Å²) in [5.41, 5.74) is 2.57. The molecule has 0 radical (unpaired) electrons. The molecule has 5 heteroatoms. The summed E-state index contributed by atoms with van der Waals surface area (Å²) in [6, 6.07) is 15.2. The van der Waals surface area contributed by atoms with E-state index < -0.39 is 6.10 Å². The molecule has 116 valence electrons. The number of aromatic amines is 1. The van der Waals surface area contributed by atoms with Gasteiger partial charge in [0, 0.05) is 13.1 Å². The van der Waals surface area contributed by atoms with Crippen molar-refractivity contribution in [1.29, 1.82) is 0 Å². The molecule has 1 atom stereocenters. The molecular weight excluding hydrogens is 290 g/mol. The third-order valence-corrected chi connectivity index (χ3v) is 4.35. The monoisotopic (exact) mass is 307 g/mol. The molecule has 0 saturated carbocycles. The molecule has 0 aliphatic carbocycles. The zero-order valence-electron chi connectivity index (χ0n) is 12.6. The number of anilines is 1. The van der Waals surface area contributed by atoms with Crippen LogP contribution in [-0.2, 0) is 6.54 Å². The van der Waals surface area contributed by atoms with E-state index in [9.17, 15) is 9.90 Å². The molecule has 3 aromatic rings. The highest BCUT2D eigenvalue weighted by Crippen LogP contribution is 2.28. The lowest BCUT2D eigenvalue weighted by Crippen LogP contribution is -2.27. The summed E-state index contributed by atoms with van der Waals surface area (Å²) >= 11 is 0. The maximum absolute atomic E-state index is 12.3. The predicted molar refractivity (Wildman–Crippen MR) is 89.4 cm³/mol. The van der Waals surface area contributed by atoms with Crippen LogP contribution >= 0.6 is 0 Å². The molecule has 23 heavy (non-hydrogen) atoms. The van der Waals surface area contributed by atoms with Crippen molar-refractivity contribution in [2.75, 3.05) is 11.4 Å². The molecule has 0 saturated heterocycles. The Balaban J connectivity index is 1.78. The van der Waals surface area contributed by atoms with Crippen LogP contribution in [0.2, 0.25) is 0 Å². The van der Waals surface area contributed by atoms with Gasteiger partial charge in [0.25, 0.3) is 5.56 Å². The average Bonchev–Trinajstić information content (AvgIpc) is 2.75. The van der Waals surface area contributed by atoms with Gasteiger partial charge in [0.2, 0.25) is 5.95 Å². The van der Waals surface area contributed by atoms with Gasteiger partial charge in [0.15, 0.2) is 0 Å². The molecule has 0 amide bonds. The molecule has 0 fully saturated rings. The summed E-state index contributed by atoms with van der Waals surface area (Å²) in [6.45, 7) is 1.26. The molecule has 1 unspecified atom stereocenters. The van der Waals surface area contributed by atoms with Gasteiger partial charge in [-0.15, -0.1) is 0 Å². The third kappa shape index (κ3) is 2.49. The number of H-pyrrole nitrogens is 1. The van der Waals surface area contributed by atoms with Gasteiger partial charge in [-0.2, -0.15) is 0 Å². The normalized spacial score (nSPS) is 17.8. The molecule has 2 aromatic carbocycles. The number of hydrogen-bond donors (Lipinski definition) is 2. The van der Waals surface area contributed by atoms with Crippen LogP contribution in [-0.4, -0.2) is 21.6 Å². The largest absolute Gasteiger partial charge is 0.388 e. The number of benzene rings is 2. The van der Waals surface area contributed by atoms with E-state index in [1.54, 1.807) is 6.07 Å². The molecule has 1 aliphatic heterocycles. The topological polar surface area (TPSA) is 69.2 Å². The fourth-order valence-electron chi connectivity index (χ4n) is 3.13. The number of aromatic nitrogens is 2. The molecule has 2 heterocycles. The summed E-state index contributed by atoms with van der Waals surface area (Å²) in [7, 11) is 0. The standard InChI is InChI=1S/C18H17N3O2/c22-16-9-10-21(11-12-5-1-2-6-13(12)16)18-19-15-8-4-3-7-14(15)17(23)20-18/h1-8,16,22H,9-11H2,(H,19,20,23). The minimum Gasteiger partial charge on any atom is -0.388 e. The zero-order valence-corrected chi connectivity index (χ0v) is 12.6. The maximum Gasteiger partial charge on any atom is 0.260 e. The summed E-state index contributed by atoms with van der Waals surface area (Å²) in [4.78, 5) is 21.7. The van der Waals surface area contributed by atoms with Crippen molar-refractivity contribution in [2.45, 2.75) is 19.1 Å². The first kappa shape index (κ1) is 14.0. The molecule has 0 spiro atoms. The number of aliphatic hydroxyl groups is 1. The van der Waals surface area contributed by atoms with Crippen molar-refractivity contribution < 1.29 is 5.11 Å². The van der Waals surface area contributed by atoms with Gasteiger partial charge in [-0.1, -0.05) is 36.4 Å². The van der Waals surface area contributed by atoms with Crippen molar-refractivity contribution >= 4 is 16.9 Å². The first-order chi connectivity index (χ1) is 11.2. The Bertz CT molecular complexity index is 919. The van der Waals surface area contributed by atoms with E-state index in [2.05, 4.69) is 9.97 Å². The number of aliphatic hydroxyl groups excluding tert-OH is 1. The predicted octanol–water partition coefficient (Wildman–Crippen LogP) is 2.37. The number of rotatable bonds is 1. The molecule has 4 rings (SSSR count). The average molecular weight is 307 g/mol. The van der Waals surface area contributed by atoms with Crippen LogP contribution in [0.25, 0.3) is 10.9 Å². The number of nitrogens with zero attached hydrogens (tertiary/aromatic N) is 2. The number of nitrogens with one attached hydrogen (secondary N) is 1. The van der Waals surface area contributed by atoms with Crippen molar-refractivity contribution in [2.24, 2.45) is 0 Å². The Morgan fingerprint density at radius 2 is 1.91 bits per heavy atom. The molecular formula is C18H17N3O2. The van der Waals surface area contributed by atoms with Crippen LogP contribution in [0.5, 0.6) is 0 Å². The first-order valence-electron chi connectivity index (χ1n) is 7.72. The maximum atomic E-state index is 12.3. The molecule has 1 aromatic heterocycles. The highest BCUT2D eigenvalue weighted by atomic mass is 16.3. The number of fused-ring (bicyclic) bond motifs is 2. The van der Waals surface area contributed by atoms with Crippen LogP contribution in [0, 0.1) is 0 Å². The Morgan fingerprint density at radius 1 is 1.13 bits per heavy atom. The first-order valence-corrected chi connectivity index (χ1v) is 7.72. The van der Waals surface area contributed by atoms with E-state index in [4.69, 9.17) is 0 Å². The fourth-order valence-corrected chi connectivity index (χ4v) is 3.13. The lowest BCUT2D eigenvalue weighted by molar-refractivity contribution is 0.171. The minimum absolute atomic E-state index is 0.135. The second-order valence-corrected chi connectivity index (χ2v) is 5.83. The van der Waals surface area contributed by atoms with Gasteiger partial charge in [-0.05, 0) is 29.7 Å². The van der Waals surface area contributed by atoms with Crippen LogP contribution in [0.1, 0.15) is 23.7 Å². The molecule has 5 nitrogen and oxygen atoms in total. The van der Waals surface area contributed by atoms with Gasteiger partial charge in [0.1, 0.15) is 0 Å². The molecule has 2 N–H and O–H groups in total. The van der Waals surface area contributed by atoms with Gasteiger partial charge < -0.3 is 10.0 Å². The summed E-state index contributed by atoms with van der Waals surface area (Å²) < 4.78 is 0.